The first-order valence-electron chi connectivity index (χ1n) is 4.03. The molecule has 2 atom stereocenters. The Bertz CT molecular complexity index is 87.3. The highest BCUT2D eigenvalue weighted by Crippen LogP contribution is 2.23. The van der Waals surface area contributed by atoms with Gasteiger partial charge < -0.3 is 9.84 Å². The van der Waals surface area contributed by atoms with Crippen molar-refractivity contribution >= 4 is 0 Å². The van der Waals surface area contributed by atoms with Crippen molar-refractivity contribution in [1.82, 2.24) is 0 Å². The van der Waals surface area contributed by atoms with E-state index in [0.717, 1.165) is 19.6 Å². The third kappa shape index (κ3) is 1.96. The number of ether oxygens (including phenoxy) is 1. The Kier molecular flexibility index (Phi) is 3.16. The first-order valence-corrected chi connectivity index (χ1v) is 4.03. The van der Waals surface area contributed by atoms with E-state index in [1.165, 1.54) is 6.42 Å². The van der Waals surface area contributed by atoms with E-state index in [-0.39, 0.29) is 0 Å². The number of aliphatic hydroxyl groups is 1. The molecule has 2 heteroatoms. The van der Waals surface area contributed by atoms with Crippen molar-refractivity contribution < 1.29 is 9.84 Å². The molecule has 0 aromatic rings. The monoisotopic (exact) mass is 144 g/mol. The van der Waals surface area contributed by atoms with E-state index in [4.69, 9.17) is 9.84 Å². The lowest BCUT2D eigenvalue weighted by Crippen LogP contribution is -2.12. The summed E-state index contributed by atoms with van der Waals surface area (Å²) in [4.78, 5) is 0. The largest absolute Gasteiger partial charge is 0.396 e. The van der Waals surface area contributed by atoms with Gasteiger partial charge in [-0.1, -0.05) is 6.92 Å². The highest BCUT2D eigenvalue weighted by molar-refractivity contribution is 4.69. The lowest BCUT2D eigenvalue weighted by molar-refractivity contribution is 0.164. The Labute approximate surface area is 62.2 Å². The van der Waals surface area contributed by atoms with Crippen LogP contribution in [0.3, 0.4) is 0 Å². The molecular formula is C8H16O2. The van der Waals surface area contributed by atoms with Gasteiger partial charge in [0.25, 0.3) is 0 Å². The Balaban J connectivity index is 2.18. The van der Waals surface area contributed by atoms with Crippen LogP contribution in [0.25, 0.3) is 0 Å². The molecule has 1 fully saturated rings. The molecule has 0 aromatic carbocycles. The Morgan fingerprint density at radius 1 is 1.70 bits per heavy atom. The van der Waals surface area contributed by atoms with Gasteiger partial charge in [-0.15, -0.1) is 0 Å². The van der Waals surface area contributed by atoms with Crippen LogP contribution in [0.1, 0.15) is 19.8 Å². The van der Waals surface area contributed by atoms with E-state index in [0.29, 0.717) is 18.4 Å². The first-order chi connectivity index (χ1) is 4.84. The molecule has 0 amide bonds. The molecule has 1 aliphatic heterocycles. The molecule has 60 valence electrons. The predicted molar refractivity (Wildman–Crippen MR) is 39.8 cm³/mol. The normalized spacial score (nSPS) is 28.8. The molecule has 0 bridgehead atoms. The van der Waals surface area contributed by atoms with Crippen LogP contribution in [0, 0.1) is 11.8 Å². The van der Waals surface area contributed by atoms with Crippen molar-refractivity contribution in [2.75, 3.05) is 19.8 Å². The fourth-order valence-electron chi connectivity index (χ4n) is 1.44. The van der Waals surface area contributed by atoms with Crippen LogP contribution in [0.15, 0.2) is 0 Å². The highest BCUT2D eigenvalue weighted by atomic mass is 16.5. The lowest BCUT2D eigenvalue weighted by Gasteiger charge is -2.15. The summed E-state index contributed by atoms with van der Waals surface area (Å²) in [5.74, 6) is 1.33. The Hall–Kier alpha value is -0.0800. The fraction of sp³-hybridized carbons (Fsp3) is 1.00. The number of hydrogen-bond donors (Lipinski definition) is 1. The second-order valence-corrected chi connectivity index (χ2v) is 3.11. The zero-order chi connectivity index (χ0) is 7.40. The molecule has 1 saturated heterocycles. The van der Waals surface area contributed by atoms with Crippen LogP contribution >= 0.6 is 0 Å². The molecule has 0 saturated carbocycles. The third-order valence-electron chi connectivity index (χ3n) is 2.35. The Morgan fingerprint density at radius 2 is 2.50 bits per heavy atom. The molecule has 1 aliphatic rings. The van der Waals surface area contributed by atoms with Crippen LogP contribution in [0.5, 0.6) is 0 Å². The molecule has 0 spiro atoms. The van der Waals surface area contributed by atoms with Crippen molar-refractivity contribution in [3.05, 3.63) is 0 Å². The summed E-state index contributed by atoms with van der Waals surface area (Å²) >= 11 is 0. The lowest BCUT2D eigenvalue weighted by atomic mass is 9.91. The van der Waals surface area contributed by atoms with Gasteiger partial charge in [-0.25, -0.2) is 0 Å². The Morgan fingerprint density at radius 3 is 3.00 bits per heavy atom. The third-order valence-corrected chi connectivity index (χ3v) is 2.35. The number of rotatable bonds is 3. The summed E-state index contributed by atoms with van der Waals surface area (Å²) in [5.41, 5.74) is 0. The maximum Gasteiger partial charge on any atom is 0.0497 e. The number of hydrogen-bond acceptors (Lipinski definition) is 2. The summed E-state index contributed by atoms with van der Waals surface area (Å²) in [6.07, 6.45) is 2.11. The minimum Gasteiger partial charge on any atom is -0.396 e. The SMILES string of the molecule is CC(CCO)C1CCOC1. The minimum absolute atomic E-state index is 0.317. The molecular weight excluding hydrogens is 128 g/mol. The van der Waals surface area contributed by atoms with Gasteiger partial charge in [0.1, 0.15) is 0 Å². The van der Waals surface area contributed by atoms with Gasteiger partial charge in [0.2, 0.25) is 0 Å². The average Bonchev–Trinajstić information content (AvgIpc) is 2.38. The molecule has 0 aliphatic carbocycles. The molecule has 1 heterocycles. The zero-order valence-corrected chi connectivity index (χ0v) is 6.55. The molecule has 10 heavy (non-hydrogen) atoms. The first kappa shape index (κ1) is 8.02. The maximum absolute atomic E-state index is 8.66. The fourth-order valence-corrected chi connectivity index (χ4v) is 1.44. The van der Waals surface area contributed by atoms with E-state index in [9.17, 15) is 0 Å². The van der Waals surface area contributed by atoms with E-state index in [2.05, 4.69) is 6.92 Å². The standard InChI is InChI=1S/C8H16O2/c1-7(2-4-9)8-3-5-10-6-8/h7-9H,2-6H2,1H3. The summed E-state index contributed by atoms with van der Waals surface area (Å²) in [6.45, 7) is 4.33. The molecule has 1 rings (SSSR count). The van der Waals surface area contributed by atoms with Gasteiger partial charge in [0.15, 0.2) is 0 Å². The van der Waals surface area contributed by atoms with Gasteiger partial charge in [-0.3, -0.25) is 0 Å². The van der Waals surface area contributed by atoms with E-state index in [1.54, 1.807) is 0 Å². The quantitative estimate of drug-likeness (QED) is 0.641. The summed E-state index contributed by atoms with van der Waals surface area (Å²) in [6, 6.07) is 0. The van der Waals surface area contributed by atoms with Crippen molar-refractivity contribution in [2.45, 2.75) is 19.8 Å². The molecule has 2 nitrogen and oxygen atoms in total. The van der Waals surface area contributed by atoms with Crippen molar-refractivity contribution in [3.8, 4) is 0 Å². The van der Waals surface area contributed by atoms with Crippen LogP contribution in [0.2, 0.25) is 0 Å². The second kappa shape index (κ2) is 3.94. The molecule has 1 N–H and O–H groups in total. The van der Waals surface area contributed by atoms with E-state index < -0.39 is 0 Å². The summed E-state index contributed by atoms with van der Waals surface area (Å²) < 4.78 is 5.24. The maximum atomic E-state index is 8.66. The van der Waals surface area contributed by atoms with Gasteiger partial charge in [-0.05, 0) is 24.7 Å². The molecule has 0 radical (unpaired) electrons. The van der Waals surface area contributed by atoms with Crippen molar-refractivity contribution in [3.63, 3.8) is 0 Å². The van der Waals surface area contributed by atoms with Gasteiger partial charge in [0, 0.05) is 19.8 Å². The molecule has 0 aromatic heterocycles. The predicted octanol–water partition coefficient (Wildman–Crippen LogP) is 1.04. The van der Waals surface area contributed by atoms with Crippen LogP contribution < -0.4 is 0 Å². The summed E-state index contributed by atoms with van der Waals surface area (Å²) in [5, 5.41) is 8.66. The van der Waals surface area contributed by atoms with Crippen LogP contribution in [0.4, 0.5) is 0 Å². The van der Waals surface area contributed by atoms with Crippen LogP contribution in [-0.2, 0) is 4.74 Å². The van der Waals surface area contributed by atoms with Gasteiger partial charge in [-0.2, -0.15) is 0 Å². The van der Waals surface area contributed by atoms with Crippen molar-refractivity contribution in [2.24, 2.45) is 11.8 Å². The van der Waals surface area contributed by atoms with E-state index >= 15 is 0 Å². The zero-order valence-electron chi connectivity index (χ0n) is 6.55. The van der Waals surface area contributed by atoms with Gasteiger partial charge >= 0.3 is 0 Å². The average molecular weight is 144 g/mol. The van der Waals surface area contributed by atoms with E-state index in [1.807, 2.05) is 0 Å². The minimum atomic E-state index is 0.317. The summed E-state index contributed by atoms with van der Waals surface area (Å²) in [7, 11) is 0. The topological polar surface area (TPSA) is 29.5 Å². The smallest absolute Gasteiger partial charge is 0.0497 e. The highest BCUT2D eigenvalue weighted by Gasteiger charge is 2.21. The van der Waals surface area contributed by atoms with Crippen LogP contribution in [-0.4, -0.2) is 24.9 Å². The molecule has 2 unspecified atom stereocenters. The second-order valence-electron chi connectivity index (χ2n) is 3.11. The van der Waals surface area contributed by atoms with Crippen molar-refractivity contribution in [1.29, 1.82) is 0 Å². The number of aliphatic hydroxyl groups excluding tert-OH is 1. The van der Waals surface area contributed by atoms with Gasteiger partial charge in [0.05, 0.1) is 0 Å².